The van der Waals surface area contributed by atoms with E-state index in [1.807, 2.05) is 68.1 Å². The van der Waals surface area contributed by atoms with Crippen molar-refractivity contribution in [3.05, 3.63) is 83.9 Å². The summed E-state index contributed by atoms with van der Waals surface area (Å²) in [5, 5.41) is 0. The predicted octanol–water partition coefficient (Wildman–Crippen LogP) is 6.91. The maximum absolute atomic E-state index is 15.1. The highest BCUT2D eigenvalue weighted by molar-refractivity contribution is 5.82. The van der Waals surface area contributed by atoms with Crippen LogP contribution < -0.4 is 9.47 Å². The Kier molecular flexibility index (Phi) is 12.8. The Balaban J connectivity index is 1.51. The van der Waals surface area contributed by atoms with Crippen molar-refractivity contribution < 1.29 is 38.0 Å². The van der Waals surface area contributed by atoms with E-state index in [2.05, 4.69) is 30.3 Å². The van der Waals surface area contributed by atoms with Crippen LogP contribution in [0.25, 0.3) is 11.1 Å². The summed E-state index contributed by atoms with van der Waals surface area (Å²) in [4.78, 5) is 32.2. The Bertz CT molecular complexity index is 1550. The summed E-state index contributed by atoms with van der Waals surface area (Å²) in [6.07, 6.45) is 1.58. The van der Waals surface area contributed by atoms with Crippen molar-refractivity contribution >= 4 is 12.0 Å². The number of likely N-dealkylation sites (tertiary alicyclic amines) is 1. The maximum Gasteiger partial charge on any atom is 0.410 e. The number of amides is 2. The van der Waals surface area contributed by atoms with Gasteiger partial charge in [-0.1, -0.05) is 54.6 Å². The molecule has 0 radical (unpaired) electrons. The van der Waals surface area contributed by atoms with Crippen molar-refractivity contribution in [1.29, 1.82) is 0 Å². The van der Waals surface area contributed by atoms with Crippen LogP contribution in [0.1, 0.15) is 57.1 Å². The van der Waals surface area contributed by atoms with Crippen molar-refractivity contribution in [3.63, 3.8) is 0 Å². The summed E-state index contributed by atoms with van der Waals surface area (Å²) in [6, 6.07) is 24.3. The summed E-state index contributed by atoms with van der Waals surface area (Å²) in [5.74, 6) is 0.333. The van der Waals surface area contributed by atoms with Crippen LogP contribution in [-0.4, -0.2) is 94.0 Å². The average molecular weight is 689 g/mol. The lowest BCUT2D eigenvalue weighted by Crippen LogP contribution is -2.56. The zero-order valence-electron chi connectivity index (χ0n) is 30.3. The summed E-state index contributed by atoms with van der Waals surface area (Å²) in [7, 11) is 4.86. The van der Waals surface area contributed by atoms with Gasteiger partial charge < -0.3 is 38.2 Å². The second kappa shape index (κ2) is 17.2. The molecule has 10 heteroatoms. The Morgan fingerprint density at radius 1 is 0.840 bits per heavy atom. The predicted molar refractivity (Wildman–Crippen MR) is 191 cm³/mol. The standard InChI is InChI=1S/C40H52N2O8/c1-40(2,3)50-39(44)41-25-35(37(36(26-41)49-27-46-5)31-15-10-14-30(22-31)29-12-8-7-9-13-29)38(43)42(32-16-17-32)24-28-20-33(47-6)23-34(21-28)48-19-11-18-45-4/h7-10,12-15,20-23,32,35-37H,11,16-19,24-27H2,1-6H3/t35?,36-,37-/m1/s1. The van der Waals surface area contributed by atoms with E-state index in [0.29, 0.717) is 31.3 Å². The summed E-state index contributed by atoms with van der Waals surface area (Å²) in [5.41, 5.74) is 3.30. The molecular weight excluding hydrogens is 636 g/mol. The number of carbonyl (C=O) groups is 2. The molecule has 2 fully saturated rings. The molecule has 3 atom stereocenters. The molecule has 1 aliphatic carbocycles. The van der Waals surface area contributed by atoms with Gasteiger partial charge in [0.2, 0.25) is 5.91 Å². The zero-order valence-corrected chi connectivity index (χ0v) is 30.3. The van der Waals surface area contributed by atoms with Gasteiger partial charge in [-0.15, -0.1) is 0 Å². The highest BCUT2D eigenvalue weighted by Gasteiger charge is 2.47. The molecule has 0 N–H and O–H groups in total. The second-order valence-corrected chi connectivity index (χ2v) is 14.0. The van der Waals surface area contributed by atoms with Crippen LogP contribution in [0.15, 0.2) is 72.8 Å². The van der Waals surface area contributed by atoms with Crippen molar-refractivity contribution in [3.8, 4) is 22.6 Å². The van der Waals surface area contributed by atoms with Gasteiger partial charge in [-0.05, 0) is 68.0 Å². The highest BCUT2D eigenvalue weighted by atomic mass is 16.7. The van der Waals surface area contributed by atoms with Crippen molar-refractivity contribution in [2.45, 2.75) is 70.2 Å². The van der Waals surface area contributed by atoms with Gasteiger partial charge in [-0.3, -0.25) is 4.79 Å². The van der Waals surface area contributed by atoms with Crippen LogP contribution in [-0.2, 0) is 30.3 Å². The quantitative estimate of drug-likeness (QED) is 0.126. The summed E-state index contributed by atoms with van der Waals surface area (Å²) < 4.78 is 34.3. The molecule has 0 aromatic heterocycles. The van der Waals surface area contributed by atoms with Gasteiger partial charge in [-0.25, -0.2) is 4.79 Å². The normalized spacial score (nSPS) is 19.2. The molecule has 0 bridgehead atoms. The van der Waals surface area contributed by atoms with E-state index in [1.165, 1.54) is 0 Å². The molecule has 50 heavy (non-hydrogen) atoms. The third-order valence-corrected chi connectivity index (χ3v) is 8.96. The molecule has 10 nitrogen and oxygen atoms in total. The second-order valence-electron chi connectivity index (χ2n) is 14.0. The molecule has 1 heterocycles. The molecule has 1 unspecified atom stereocenters. The molecule has 3 aromatic carbocycles. The molecule has 1 aliphatic heterocycles. The van der Waals surface area contributed by atoms with Crippen molar-refractivity contribution in [2.24, 2.45) is 5.92 Å². The number of methoxy groups -OCH3 is 3. The highest BCUT2D eigenvalue weighted by Crippen LogP contribution is 2.41. The largest absolute Gasteiger partial charge is 0.497 e. The number of ether oxygens (including phenoxy) is 6. The van der Waals surface area contributed by atoms with Crippen LogP contribution in [0.3, 0.4) is 0 Å². The van der Waals surface area contributed by atoms with Crippen LogP contribution in [0.2, 0.25) is 0 Å². The monoisotopic (exact) mass is 688 g/mol. The first-order valence-electron chi connectivity index (χ1n) is 17.4. The average Bonchev–Trinajstić information content (AvgIpc) is 3.96. The Labute approximate surface area is 296 Å². The molecule has 270 valence electrons. The summed E-state index contributed by atoms with van der Waals surface area (Å²) in [6.45, 7) is 7.46. The molecule has 5 rings (SSSR count). The Morgan fingerprint density at radius 2 is 1.58 bits per heavy atom. The van der Waals surface area contributed by atoms with Gasteiger partial charge in [0.05, 0.1) is 32.3 Å². The molecule has 1 saturated carbocycles. The van der Waals surface area contributed by atoms with Crippen LogP contribution in [0.5, 0.6) is 11.5 Å². The van der Waals surface area contributed by atoms with Gasteiger partial charge in [0.1, 0.15) is 23.9 Å². The zero-order chi connectivity index (χ0) is 35.7. The maximum atomic E-state index is 15.1. The van der Waals surface area contributed by atoms with Gasteiger partial charge in [0.15, 0.2) is 0 Å². The van der Waals surface area contributed by atoms with E-state index in [4.69, 9.17) is 28.4 Å². The minimum Gasteiger partial charge on any atom is -0.497 e. The van der Waals surface area contributed by atoms with Gasteiger partial charge in [0, 0.05) is 58.4 Å². The number of benzene rings is 3. The Morgan fingerprint density at radius 3 is 2.26 bits per heavy atom. The van der Waals surface area contributed by atoms with Gasteiger partial charge >= 0.3 is 6.09 Å². The third-order valence-electron chi connectivity index (χ3n) is 8.96. The van der Waals surface area contributed by atoms with Gasteiger partial charge in [-0.2, -0.15) is 0 Å². The number of rotatable bonds is 15. The number of hydrogen-bond acceptors (Lipinski definition) is 8. The van der Waals surface area contributed by atoms with Gasteiger partial charge in [0.25, 0.3) is 0 Å². The third kappa shape index (κ3) is 9.99. The van der Waals surface area contributed by atoms with E-state index in [-0.39, 0.29) is 37.7 Å². The van der Waals surface area contributed by atoms with Crippen LogP contribution >= 0.6 is 0 Å². The van der Waals surface area contributed by atoms with E-state index in [0.717, 1.165) is 41.5 Å². The first-order chi connectivity index (χ1) is 24.1. The topological polar surface area (TPSA) is 96.0 Å². The fourth-order valence-electron chi connectivity index (χ4n) is 6.54. The molecule has 1 saturated heterocycles. The van der Waals surface area contributed by atoms with E-state index in [9.17, 15) is 4.79 Å². The number of carbonyl (C=O) groups excluding carboxylic acids is 2. The van der Waals surface area contributed by atoms with Crippen LogP contribution in [0, 0.1) is 5.92 Å². The smallest absolute Gasteiger partial charge is 0.410 e. The number of hydrogen-bond donors (Lipinski definition) is 0. The molecule has 2 amide bonds. The van der Waals surface area contributed by atoms with Crippen molar-refractivity contribution in [1.82, 2.24) is 9.80 Å². The molecular formula is C40H52N2O8. The van der Waals surface area contributed by atoms with Crippen LogP contribution in [0.4, 0.5) is 4.79 Å². The summed E-state index contributed by atoms with van der Waals surface area (Å²) >= 11 is 0. The Hall–Kier alpha value is -4.12. The first-order valence-corrected chi connectivity index (χ1v) is 17.4. The minimum atomic E-state index is -0.698. The lowest BCUT2D eigenvalue weighted by molar-refractivity contribution is -0.148. The SMILES string of the molecule is COCCCOc1cc(CN(C(=O)C2CN(C(=O)OC(C)(C)C)C[C@@H](OCOC)[C@@H]2c2cccc(-c3ccccc3)c2)C2CC2)cc(OC)c1. The minimum absolute atomic E-state index is 0.0198. The first kappa shape index (κ1) is 37.1. The molecule has 0 spiro atoms. The van der Waals surface area contributed by atoms with E-state index < -0.39 is 23.7 Å². The fraction of sp³-hybridized carbons (Fsp3) is 0.500. The lowest BCUT2D eigenvalue weighted by Gasteiger charge is -2.44. The van der Waals surface area contributed by atoms with E-state index in [1.54, 1.807) is 26.2 Å². The number of nitrogens with zero attached hydrogens (tertiary/aromatic N) is 2. The number of piperidine rings is 1. The fourth-order valence-corrected chi connectivity index (χ4v) is 6.54. The van der Waals surface area contributed by atoms with E-state index >= 15 is 4.79 Å². The lowest BCUT2D eigenvalue weighted by atomic mass is 9.77. The molecule has 2 aliphatic rings. The molecule has 3 aromatic rings. The van der Waals surface area contributed by atoms with Crippen molar-refractivity contribution in [2.75, 3.05) is 54.4 Å².